The van der Waals surface area contributed by atoms with E-state index in [0.717, 1.165) is 44.2 Å². The predicted molar refractivity (Wildman–Crippen MR) is 93.7 cm³/mol. The van der Waals surface area contributed by atoms with Crippen molar-refractivity contribution in [1.29, 1.82) is 0 Å². The van der Waals surface area contributed by atoms with E-state index in [9.17, 15) is 0 Å². The number of ether oxygens (including phenoxy) is 3. The number of hydrogen-bond donors (Lipinski definition) is 0. The fraction of sp³-hybridized carbons (Fsp3) is 0.684. The molecule has 1 saturated heterocycles. The third-order valence-corrected chi connectivity index (χ3v) is 4.76. The van der Waals surface area contributed by atoms with E-state index >= 15 is 0 Å². The molecule has 23 heavy (non-hydrogen) atoms. The molecule has 130 valence electrons. The molecule has 0 radical (unpaired) electrons. The summed E-state index contributed by atoms with van der Waals surface area (Å²) in [4.78, 5) is 2.51. The van der Waals surface area contributed by atoms with Gasteiger partial charge in [-0.05, 0) is 42.5 Å². The van der Waals surface area contributed by atoms with Crippen molar-refractivity contribution in [3.63, 3.8) is 0 Å². The van der Waals surface area contributed by atoms with E-state index < -0.39 is 0 Å². The second kappa shape index (κ2) is 8.55. The highest BCUT2D eigenvalue weighted by molar-refractivity contribution is 5.41. The van der Waals surface area contributed by atoms with Gasteiger partial charge in [-0.15, -0.1) is 0 Å². The first-order valence-corrected chi connectivity index (χ1v) is 8.59. The van der Waals surface area contributed by atoms with Crippen molar-refractivity contribution in [2.75, 3.05) is 47.1 Å². The van der Waals surface area contributed by atoms with Gasteiger partial charge in [-0.2, -0.15) is 0 Å². The van der Waals surface area contributed by atoms with Crippen LogP contribution in [0.4, 0.5) is 0 Å². The Morgan fingerprint density at radius 2 is 1.61 bits per heavy atom. The van der Waals surface area contributed by atoms with Crippen molar-refractivity contribution in [2.45, 2.75) is 38.5 Å². The first-order chi connectivity index (χ1) is 11.0. The van der Waals surface area contributed by atoms with Gasteiger partial charge >= 0.3 is 0 Å². The van der Waals surface area contributed by atoms with Crippen molar-refractivity contribution in [2.24, 2.45) is 0 Å². The van der Waals surface area contributed by atoms with Crippen LogP contribution in [0.3, 0.4) is 0 Å². The first kappa shape index (κ1) is 18.1. The quantitative estimate of drug-likeness (QED) is 0.686. The molecule has 0 N–H and O–H groups in total. The Morgan fingerprint density at radius 3 is 2.17 bits per heavy atom. The van der Waals surface area contributed by atoms with E-state index in [1.807, 2.05) is 6.07 Å². The lowest BCUT2D eigenvalue weighted by Gasteiger charge is -2.28. The van der Waals surface area contributed by atoms with Crippen LogP contribution in [-0.2, 0) is 10.2 Å². The number of hydrogen-bond acceptors (Lipinski definition) is 4. The highest BCUT2D eigenvalue weighted by Crippen LogP contribution is 2.34. The maximum absolute atomic E-state index is 5.40. The summed E-state index contributed by atoms with van der Waals surface area (Å²) in [6.45, 7) is 9.71. The molecule has 0 aliphatic carbocycles. The second-order valence-corrected chi connectivity index (χ2v) is 6.90. The van der Waals surface area contributed by atoms with Crippen molar-refractivity contribution in [3.05, 3.63) is 23.8 Å². The van der Waals surface area contributed by atoms with Crippen LogP contribution in [-0.4, -0.2) is 52.0 Å². The minimum absolute atomic E-state index is 0.118. The number of morpholine rings is 1. The summed E-state index contributed by atoms with van der Waals surface area (Å²) in [6.07, 6.45) is 3.63. The van der Waals surface area contributed by atoms with Crippen LogP contribution in [0, 0.1) is 0 Å². The summed E-state index contributed by atoms with van der Waals surface area (Å²) in [5.74, 6) is 1.72. The van der Waals surface area contributed by atoms with Crippen LogP contribution in [0.5, 0.6) is 11.5 Å². The van der Waals surface area contributed by atoms with E-state index in [-0.39, 0.29) is 5.41 Å². The summed E-state index contributed by atoms with van der Waals surface area (Å²) >= 11 is 0. The van der Waals surface area contributed by atoms with Gasteiger partial charge in [-0.1, -0.05) is 20.3 Å². The largest absolute Gasteiger partial charge is 0.497 e. The molecule has 1 aliphatic rings. The average Bonchev–Trinajstić information content (AvgIpc) is 2.59. The van der Waals surface area contributed by atoms with Crippen molar-refractivity contribution < 1.29 is 14.2 Å². The number of benzene rings is 1. The van der Waals surface area contributed by atoms with E-state index in [1.54, 1.807) is 14.2 Å². The third kappa shape index (κ3) is 5.40. The molecule has 1 aliphatic heterocycles. The Morgan fingerprint density at radius 1 is 1.00 bits per heavy atom. The summed E-state index contributed by atoms with van der Waals surface area (Å²) in [7, 11) is 3.40. The normalized spacial score (nSPS) is 16.3. The molecule has 2 rings (SSSR count). The zero-order valence-electron chi connectivity index (χ0n) is 15.1. The fourth-order valence-electron chi connectivity index (χ4n) is 3.07. The van der Waals surface area contributed by atoms with Gasteiger partial charge in [0.1, 0.15) is 11.5 Å². The minimum atomic E-state index is 0.118. The Labute approximate surface area is 140 Å². The SMILES string of the molecule is COc1cc(OC)cc(C(C)(C)CCCCN2CCOCC2)c1. The molecule has 1 heterocycles. The van der Waals surface area contributed by atoms with Gasteiger partial charge in [-0.25, -0.2) is 0 Å². The Kier molecular flexibility index (Phi) is 6.72. The van der Waals surface area contributed by atoms with Gasteiger partial charge in [0, 0.05) is 19.2 Å². The summed E-state index contributed by atoms with van der Waals surface area (Å²) in [5.41, 5.74) is 1.40. The highest BCUT2D eigenvalue weighted by atomic mass is 16.5. The summed E-state index contributed by atoms with van der Waals surface area (Å²) < 4.78 is 16.2. The molecule has 4 nitrogen and oxygen atoms in total. The monoisotopic (exact) mass is 321 g/mol. The summed E-state index contributed by atoms with van der Waals surface area (Å²) in [5, 5.41) is 0. The van der Waals surface area contributed by atoms with Crippen LogP contribution in [0.2, 0.25) is 0 Å². The van der Waals surface area contributed by atoms with Gasteiger partial charge in [0.15, 0.2) is 0 Å². The van der Waals surface area contributed by atoms with Gasteiger partial charge in [0.05, 0.1) is 27.4 Å². The standard InChI is InChI=1S/C19H31NO3/c1-19(2,7-5-6-8-20-9-11-23-12-10-20)16-13-17(21-3)15-18(14-16)22-4/h13-15H,5-12H2,1-4H3. The maximum Gasteiger partial charge on any atom is 0.122 e. The van der Waals surface area contributed by atoms with E-state index in [1.165, 1.54) is 24.9 Å². The minimum Gasteiger partial charge on any atom is -0.497 e. The average molecular weight is 321 g/mol. The molecular weight excluding hydrogens is 290 g/mol. The van der Waals surface area contributed by atoms with Crippen LogP contribution in [0.25, 0.3) is 0 Å². The lowest BCUT2D eigenvalue weighted by Crippen LogP contribution is -2.36. The number of nitrogens with zero attached hydrogens (tertiary/aromatic N) is 1. The molecule has 0 saturated carbocycles. The van der Waals surface area contributed by atoms with Crippen LogP contribution in [0.1, 0.15) is 38.7 Å². The Hall–Kier alpha value is -1.26. The molecule has 1 fully saturated rings. The lowest BCUT2D eigenvalue weighted by atomic mass is 9.80. The van der Waals surface area contributed by atoms with Crippen LogP contribution < -0.4 is 9.47 Å². The first-order valence-electron chi connectivity index (χ1n) is 8.59. The molecule has 0 unspecified atom stereocenters. The van der Waals surface area contributed by atoms with Gasteiger partial charge in [-0.3, -0.25) is 4.90 Å². The van der Waals surface area contributed by atoms with E-state index in [2.05, 4.69) is 30.9 Å². The zero-order valence-corrected chi connectivity index (χ0v) is 15.1. The third-order valence-electron chi connectivity index (χ3n) is 4.76. The number of unbranched alkanes of at least 4 members (excludes halogenated alkanes) is 1. The van der Waals surface area contributed by atoms with E-state index in [4.69, 9.17) is 14.2 Å². The number of methoxy groups -OCH3 is 2. The lowest BCUT2D eigenvalue weighted by molar-refractivity contribution is 0.0370. The molecule has 0 atom stereocenters. The molecule has 0 aromatic heterocycles. The van der Waals surface area contributed by atoms with Crippen molar-refractivity contribution in [1.82, 2.24) is 4.90 Å². The van der Waals surface area contributed by atoms with E-state index in [0.29, 0.717) is 0 Å². The van der Waals surface area contributed by atoms with Crippen LogP contribution in [0.15, 0.2) is 18.2 Å². The number of rotatable bonds is 8. The van der Waals surface area contributed by atoms with Crippen molar-refractivity contribution >= 4 is 0 Å². The molecule has 0 bridgehead atoms. The molecular formula is C19H31NO3. The van der Waals surface area contributed by atoms with Gasteiger partial charge < -0.3 is 14.2 Å². The highest BCUT2D eigenvalue weighted by Gasteiger charge is 2.22. The smallest absolute Gasteiger partial charge is 0.122 e. The fourth-order valence-corrected chi connectivity index (χ4v) is 3.07. The zero-order chi connectivity index (χ0) is 16.7. The Bertz CT molecular complexity index is 459. The molecule has 1 aromatic carbocycles. The maximum atomic E-state index is 5.40. The molecule has 4 heteroatoms. The summed E-state index contributed by atoms with van der Waals surface area (Å²) in [6, 6.07) is 6.19. The van der Waals surface area contributed by atoms with Gasteiger partial charge in [0.2, 0.25) is 0 Å². The van der Waals surface area contributed by atoms with Crippen molar-refractivity contribution in [3.8, 4) is 11.5 Å². The molecule has 0 spiro atoms. The molecule has 1 aromatic rings. The topological polar surface area (TPSA) is 30.9 Å². The second-order valence-electron chi connectivity index (χ2n) is 6.90. The predicted octanol–water partition coefficient (Wildman–Crippen LogP) is 3.48. The van der Waals surface area contributed by atoms with Crippen LogP contribution >= 0.6 is 0 Å². The molecule has 0 amide bonds. The van der Waals surface area contributed by atoms with Gasteiger partial charge in [0.25, 0.3) is 0 Å². The Balaban J connectivity index is 1.87.